The summed E-state index contributed by atoms with van der Waals surface area (Å²) >= 11 is -2.28. The molecule has 2 aromatic rings. The van der Waals surface area contributed by atoms with Gasteiger partial charge in [-0.05, 0) is 23.3 Å². The second-order valence-electron chi connectivity index (χ2n) is 3.26. The Hall–Kier alpha value is -1.52. The minimum Gasteiger partial charge on any atom is -0.302 e. The van der Waals surface area contributed by atoms with E-state index in [-0.39, 0.29) is 4.90 Å². The lowest BCUT2D eigenvalue weighted by molar-refractivity contribution is 0.544. The monoisotopic (exact) mass is 236 g/mol. The molecular weight excluding hydrogens is 227 g/mol. The highest BCUT2D eigenvalue weighted by molar-refractivity contribution is 7.79. The van der Waals surface area contributed by atoms with Crippen molar-refractivity contribution in [2.24, 2.45) is 0 Å². The highest BCUT2D eigenvalue weighted by atomic mass is 32.2. The fourth-order valence-electron chi connectivity index (χ4n) is 1.45. The van der Waals surface area contributed by atoms with Gasteiger partial charge >= 0.3 is 0 Å². The number of benzene rings is 2. The Morgan fingerprint density at radius 1 is 1.00 bits per heavy atom. The second-order valence-corrected chi connectivity index (χ2v) is 4.20. The molecule has 0 aliphatic carbocycles. The van der Waals surface area contributed by atoms with Crippen LogP contribution in [-0.2, 0) is 11.1 Å². The summed E-state index contributed by atoms with van der Waals surface area (Å²) in [4.78, 5) is -0.195. The standard InChI is InChI=1S/C12H9FO2S/c13-11-8-10(6-7-12(11)16(14)15)9-4-2-1-3-5-9/h1-8H,(H,14,15). The molecule has 82 valence electrons. The average molecular weight is 236 g/mol. The number of halogens is 1. The van der Waals surface area contributed by atoms with Crippen LogP contribution in [0.1, 0.15) is 0 Å². The molecule has 0 saturated carbocycles. The van der Waals surface area contributed by atoms with Crippen LogP contribution in [0.25, 0.3) is 11.1 Å². The molecular formula is C12H9FO2S. The first-order chi connectivity index (χ1) is 7.68. The van der Waals surface area contributed by atoms with Crippen molar-refractivity contribution in [3.63, 3.8) is 0 Å². The van der Waals surface area contributed by atoms with Crippen LogP contribution in [0.2, 0.25) is 0 Å². The molecule has 0 amide bonds. The van der Waals surface area contributed by atoms with E-state index in [0.29, 0.717) is 5.56 Å². The van der Waals surface area contributed by atoms with E-state index in [9.17, 15) is 8.60 Å². The Morgan fingerprint density at radius 3 is 2.25 bits per heavy atom. The summed E-state index contributed by atoms with van der Waals surface area (Å²) < 4.78 is 33.0. The van der Waals surface area contributed by atoms with Crippen LogP contribution in [0.15, 0.2) is 53.4 Å². The summed E-state index contributed by atoms with van der Waals surface area (Å²) in [7, 11) is 0. The molecule has 0 aromatic heterocycles. The molecule has 0 bridgehead atoms. The smallest absolute Gasteiger partial charge is 0.189 e. The minimum atomic E-state index is -2.28. The summed E-state index contributed by atoms with van der Waals surface area (Å²) in [5.74, 6) is -0.665. The zero-order valence-corrected chi connectivity index (χ0v) is 9.08. The molecule has 0 aliphatic rings. The molecule has 16 heavy (non-hydrogen) atoms. The van der Waals surface area contributed by atoms with Crippen LogP contribution < -0.4 is 0 Å². The molecule has 0 aliphatic heterocycles. The van der Waals surface area contributed by atoms with E-state index in [0.717, 1.165) is 5.56 Å². The van der Waals surface area contributed by atoms with Gasteiger partial charge in [-0.3, -0.25) is 0 Å². The topological polar surface area (TPSA) is 37.3 Å². The third-order valence-corrected chi connectivity index (χ3v) is 2.93. The first-order valence-electron chi connectivity index (χ1n) is 4.64. The van der Waals surface area contributed by atoms with Crippen LogP contribution >= 0.6 is 0 Å². The Balaban J connectivity index is 2.46. The summed E-state index contributed by atoms with van der Waals surface area (Å²) in [6, 6.07) is 13.5. The van der Waals surface area contributed by atoms with Crippen molar-refractivity contribution < 1.29 is 13.2 Å². The quantitative estimate of drug-likeness (QED) is 0.813. The summed E-state index contributed by atoms with van der Waals surface area (Å²) in [5, 5.41) is 0. The lowest BCUT2D eigenvalue weighted by atomic mass is 10.1. The zero-order valence-electron chi connectivity index (χ0n) is 8.26. The van der Waals surface area contributed by atoms with Gasteiger partial charge in [0.1, 0.15) is 10.7 Å². The normalized spacial score (nSPS) is 12.4. The van der Waals surface area contributed by atoms with Crippen molar-refractivity contribution >= 4 is 11.1 Å². The van der Waals surface area contributed by atoms with Gasteiger partial charge in [0.05, 0.1) is 0 Å². The predicted molar refractivity (Wildman–Crippen MR) is 60.9 cm³/mol. The molecule has 0 saturated heterocycles. The average Bonchev–Trinajstić information content (AvgIpc) is 2.29. The van der Waals surface area contributed by atoms with Gasteiger partial charge in [0.15, 0.2) is 11.1 Å². The molecule has 2 rings (SSSR count). The van der Waals surface area contributed by atoms with E-state index in [1.807, 2.05) is 30.3 Å². The summed E-state index contributed by atoms with van der Waals surface area (Å²) in [6.07, 6.45) is 0. The molecule has 4 heteroatoms. The lowest BCUT2D eigenvalue weighted by Crippen LogP contribution is -1.93. The number of hydrogen-bond donors (Lipinski definition) is 1. The van der Waals surface area contributed by atoms with E-state index in [4.69, 9.17) is 4.55 Å². The first-order valence-corrected chi connectivity index (χ1v) is 5.75. The molecule has 1 atom stereocenters. The molecule has 0 spiro atoms. The van der Waals surface area contributed by atoms with E-state index in [1.54, 1.807) is 6.07 Å². The van der Waals surface area contributed by atoms with Gasteiger partial charge in [0.25, 0.3) is 0 Å². The van der Waals surface area contributed by atoms with Crippen molar-refractivity contribution in [1.29, 1.82) is 0 Å². The molecule has 2 nitrogen and oxygen atoms in total. The van der Waals surface area contributed by atoms with Crippen LogP contribution in [0.3, 0.4) is 0 Å². The van der Waals surface area contributed by atoms with Gasteiger partial charge in [0.2, 0.25) is 0 Å². The Bertz CT molecular complexity index is 526. The van der Waals surface area contributed by atoms with E-state index < -0.39 is 16.9 Å². The molecule has 1 unspecified atom stereocenters. The van der Waals surface area contributed by atoms with E-state index >= 15 is 0 Å². The van der Waals surface area contributed by atoms with Crippen LogP contribution in [0.4, 0.5) is 4.39 Å². The van der Waals surface area contributed by atoms with Gasteiger partial charge in [-0.1, -0.05) is 36.4 Å². The minimum absolute atomic E-state index is 0.195. The Kier molecular flexibility index (Phi) is 3.12. The molecule has 2 aromatic carbocycles. The van der Waals surface area contributed by atoms with Crippen LogP contribution in [0.5, 0.6) is 0 Å². The van der Waals surface area contributed by atoms with Gasteiger partial charge < -0.3 is 4.55 Å². The summed E-state index contributed by atoms with van der Waals surface area (Å²) in [5.41, 5.74) is 1.56. The highest BCUT2D eigenvalue weighted by Crippen LogP contribution is 2.22. The largest absolute Gasteiger partial charge is 0.302 e. The van der Waals surface area contributed by atoms with Gasteiger partial charge in [0, 0.05) is 0 Å². The molecule has 0 fully saturated rings. The van der Waals surface area contributed by atoms with Crippen molar-refractivity contribution in [1.82, 2.24) is 0 Å². The van der Waals surface area contributed by atoms with Crippen LogP contribution in [-0.4, -0.2) is 8.76 Å². The Morgan fingerprint density at radius 2 is 1.69 bits per heavy atom. The maximum Gasteiger partial charge on any atom is 0.189 e. The fourth-order valence-corrected chi connectivity index (χ4v) is 1.86. The van der Waals surface area contributed by atoms with Gasteiger partial charge in [-0.25, -0.2) is 8.60 Å². The third kappa shape index (κ3) is 2.18. The highest BCUT2D eigenvalue weighted by Gasteiger charge is 2.08. The van der Waals surface area contributed by atoms with Crippen molar-refractivity contribution in [3.8, 4) is 11.1 Å². The molecule has 1 N–H and O–H groups in total. The van der Waals surface area contributed by atoms with Crippen molar-refractivity contribution in [2.45, 2.75) is 4.90 Å². The fraction of sp³-hybridized carbons (Fsp3) is 0. The van der Waals surface area contributed by atoms with E-state index in [2.05, 4.69) is 0 Å². The molecule has 0 radical (unpaired) electrons. The zero-order chi connectivity index (χ0) is 11.5. The second kappa shape index (κ2) is 4.55. The van der Waals surface area contributed by atoms with Gasteiger partial charge in [-0.15, -0.1) is 0 Å². The van der Waals surface area contributed by atoms with E-state index in [1.165, 1.54) is 12.1 Å². The van der Waals surface area contributed by atoms with Crippen molar-refractivity contribution in [2.75, 3.05) is 0 Å². The third-order valence-electron chi connectivity index (χ3n) is 2.23. The number of hydrogen-bond acceptors (Lipinski definition) is 1. The predicted octanol–water partition coefficient (Wildman–Crippen LogP) is 3.07. The van der Waals surface area contributed by atoms with Crippen LogP contribution in [0, 0.1) is 5.82 Å². The van der Waals surface area contributed by atoms with Crippen molar-refractivity contribution in [3.05, 3.63) is 54.3 Å². The molecule has 0 heterocycles. The lowest BCUT2D eigenvalue weighted by Gasteiger charge is -2.03. The van der Waals surface area contributed by atoms with Gasteiger partial charge in [-0.2, -0.15) is 0 Å². The maximum absolute atomic E-state index is 13.4. The Labute approximate surface area is 95.0 Å². The SMILES string of the molecule is O=S(O)c1ccc(-c2ccccc2)cc1F. The first kappa shape index (κ1) is 11.0. The number of rotatable bonds is 2. The summed E-state index contributed by atoms with van der Waals surface area (Å²) in [6.45, 7) is 0. The maximum atomic E-state index is 13.4.